The Morgan fingerprint density at radius 2 is 1.69 bits per heavy atom. The van der Waals surface area contributed by atoms with Crippen LogP contribution in [0.5, 0.6) is 5.75 Å². The second kappa shape index (κ2) is 8.70. The van der Waals surface area contributed by atoms with E-state index in [-0.39, 0.29) is 23.0 Å². The number of hydrogen-bond acceptors (Lipinski definition) is 3. The number of nitrogens with one attached hydrogen (secondary N) is 1. The van der Waals surface area contributed by atoms with Crippen LogP contribution in [0.15, 0.2) is 79.0 Å². The Kier molecular flexibility index (Phi) is 5.81. The molecule has 4 aromatic rings. The van der Waals surface area contributed by atoms with Gasteiger partial charge in [0.1, 0.15) is 5.75 Å². The second-order valence-corrected chi connectivity index (χ2v) is 7.11. The first-order chi connectivity index (χ1) is 15.4. The number of alkyl halides is 3. The van der Waals surface area contributed by atoms with E-state index in [0.29, 0.717) is 16.9 Å². The molecule has 0 bridgehead atoms. The van der Waals surface area contributed by atoms with Gasteiger partial charge in [-0.2, -0.15) is 13.2 Å². The van der Waals surface area contributed by atoms with E-state index in [1.54, 1.807) is 49.6 Å². The molecule has 1 heterocycles. The molecule has 4 rings (SSSR count). The Labute approximate surface area is 182 Å². The van der Waals surface area contributed by atoms with Crippen LogP contribution in [0.3, 0.4) is 0 Å². The van der Waals surface area contributed by atoms with Crippen LogP contribution < -0.4 is 10.1 Å². The maximum Gasteiger partial charge on any atom is 0.418 e. The number of amides is 1. The molecular formula is C25H19F3N2O2. The molecule has 0 aliphatic rings. The van der Waals surface area contributed by atoms with Crippen LogP contribution in [-0.2, 0) is 12.7 Å². The molecule has 3 aromatic carbocycles. The minimum absolute atomic E-state index is 0.192. The number of aromatic nitrogens is 1. The summed E-state index contributed by atoms with van der Waals surface area (Å²) in [6.07, 6.45) is -3.36. The zero-order valence-corrected chi connectivity index (χ0v) is 17.1. The predicted octanol–water partition coefficient (Wildman–Crippen LogP) is 5.86. The molecule has 0 saturated carbocycles. The summed E-state index contributed by atoms with van der Waals surface area (Å²) >= 11 is 0. The predicted molar refractivity (Wildman–Crippen MR) is 116 cm³/mol. The summed E-state index contributed by atoms with van der Waals surface area (Å²) in [4.78, 5) is 17.2. The molecule has 0 fully saturated rings. The first-order valence-corrected chi connectivity index (χ1v) is 9.84. The van der Waals surface area contributed by atoms with Crippen molar-refractivity contribution < 1.29 is 22.7 Å². The maximum absolute atomic E-state index is 13.6. The molecule has 0 aliphatic heterocycles. The third-order valence-electron chi connectivity index (χ3n) is 5.14. The number of benzene rings is 3. The van der Waals surface area contributed by atoms with E-state index in [2.05, 4.69) is 10.3 Å². The third kappa shape index (κ3) is 4.14. The van der Waals surface area contributed by atoms with Crippen molar-refractivity contribution >= 4 is 16.8 Å². The van der Waals surface area contributed by atoms with E-state index >= 15 is 0 Å². The Morgan fingerprint density at radius 3 is 2.41 bits per heavy atom. The number of nitrogens with zero attached hydrogens (tertiary/aromatic N) is 1. The molecule has 1 N–H and O–H groups in total. The lowest BCUT2D eigenvalue weighted by molar-refractivity contribution is -0.136. The summed E-state index contributed by atoms with van der Waals surface area (Å²) in [6, 6.07) is 20.0. The van der Waals surface area contributed by atoms with Crippen LogP contribution in [0.2, 0.25) is 0 Å². The van der Waals surface area contributed by atoms with Crippen molar-refractivity contribution in [3.8, 4) is 16.9 Å². The maximum atomic E-state index is 13.6. The summed E-state index contributed by atoms with van der Waals surface area (Å²) in [6.45, 7) is 0.192. The first-order valence-electron chi connectivity index (χ1n) is 9.84. The van der Waals surface area contributed by atoms with Crippen LogP contribution in [0.25, 0.3) is 22.0 Å². The van der Waals surface area contributed by atoms with Crippen LogP contribution >= 0.6 is 0 Å². The van der Waals surface area contributed by atoms with Crippen molar-refractivity contribution in [1.82, 2.24) is 10.3 Å². The molecule has 0 saturated heterocycles. The number of carbonyl (C=O) groups excluding carboxylic acids is 1. The molecule has 0 aliphatic carbocycles. The van der Waals surface area contributed by atoms with Crippen molar-refractivity contribution in [2.45, 2.75) is 12.7 Å². The van der Waals surface area contributed by atoms with Gasteiger partial charge in [-0.25, -0.2) is 0 Å². The van der Waals surface area contributed by atoms with Gasteiger partial charge in [0.15, 0.2) is 0 Å². The van der Waals surface area contributed by atoms with Crippen molar-refractivity contribution in [3.63, 3.8) is 0 Å². The Hall–Kier alpha value is -3.87. The molecule has 162 valence electrons. The van der Waals surface area contributed by atoms with E-state index < -0.39 is 17.6 Å². The normalized spacial score (nSPS) is 11.4. The van der Waals surface area contributed by atoms with Gasteiger partial charge in [-0.15, -0.1) is 0 Å². The lowest BCUT2D eigenvalue weighted by Crippen LogP contribution is -2.24. The highest BCUT2D eigenvalue weighted by Crippen LogP contribution is 2.38. The zero-order chi connectivity index (χ0) is 22.7. The summed E-state index contributed by atoms with van der Waals surface area (Å²) < 4.78 is 46.0. The average Bonchev–Trinajstić information content (AvgIpc) is 2.81. The molecule has 0 atom stereocenters. The molecule has 1 amide bonds. The molecule has 4 nitrogen and oxygen atoms in total. The highest BCUT2D eigenvalue weighted by molar-refractivity contribution is 6.09. The number of hydrogen-bond donors (Lipinski definition) is 1. The number of carbonyl (C=O) groups is 1. The van der Waals surface area contributed by atoms with Gasteiger partial charge in [0.05, 0.1) is 23.8 Å². The van der Waals surface area contributed by atoms with E-state index in [9.17, 15) is 18.0 Å². The average molecular weight is 436 g/mol. The standard InChI is InChI=1S/C25H19F3N2O2/c1-32-21-13-6-5-10-17(21)14-30-24(31)19-15-29-23-18(11-7-12-20(23)25(26,27)28)22(19)16-8-3-2-4-9-16/h2-13,15H,14H2,1H3,(H,30,31). The van der Waals surface area contributed by atoms with Gasteiger partial charge in [0, 0.05) is 29.3 Å². The van der Waals surface area contributed by atoms with Crippen molar-refractivity contribution in [3.05, 3.63) is 95.7 Å². The minimum atomic E-state index is -4.56. The number of ether oxygens (including phenoxy) is 1. The smallest absolute Gasteiger partial charge is 0.418 e. The van der Waals surface area contributed by atoms with Gasteiger partial charge in [-0.1, -0.05) is 60.7 Å². The fourth-order valence-electron chi connectivity index (χ4n) is 3.66. The number of pyridine rings is 1. The largest absolute Gasteiger partial charge is 0.496 e. The topological polar surface area (TPSA) is 51.2 Å². The summed E-state index contributed by atoms with van der Waals surface area (Å²) in [5.41, 5.74) is 0.963. The summed E-state index contributed by atoms with van der Waals surface area (Å²) in [5, 5.41) is 3.09. The van der Waals surface area contributed by atoms with E-state index in [0.717, 1.165) is 11.6 Å². The monoisotopic (exact) mass is 436 g/mol. The molecule has 0 unspecified atom stereocenters. The first kappa shape index (κ1) is 21.4. The molecule has 0 spiro atoms. The summed E-state index contributed by atoms with van der Waals surface area (Å²) in [7, 11) is 1.54. The van der Waals surface area contributed by atoms with Gasteiger partial charge < -0.3 is 10.1 Å². The molecule has 32 heavy (non-hydrogen) atoms. The van der Waals surface area contributed by atoms with Gasteiger partial charge in [-0.05, 0) is 17.7 Å². The Balaban J connectivity index is 1.81. The van der Waals surface area contributed by atoms with E-state index in [4.69, 9.17) is 4.74 Å². The Bertz CT molecular complexity index is 1270. The van der Waals surface area contributed by atoms with E-state index in [1.807, 2.05) is 18.2 Å². The van der Waals surface area contributed by atoms with Gasteiger partial charge in [-0.3, -0.25) is 9.78 Å². The van der Waals surface area contributed by atoms with Crippen molar-refractivity contribution in [1.29, 1.82) is 0 Å². The highest BCUT2D eigenvalue weighted by Gasteiger charge is 2.34. The zero-order valence-electron chi connectivity index (χ0n) is 17.1. The third-order valence-corrected chi connectivity index (χ3v) is 5.14. The molecule has 0 radical (unpaired) electrons. The number of halogens is 3. The van der Waals surface area contributed by atoms with Gasteiger partial charge in [0.2, 0.25) is 0 Å². The van der Waals surface area contributed by atoms with Crippen molar-refractivity contribution in [2.24, 2.45) is 0 Å². The molecule has 1 aromatic heterocycles. The van der Waals surface area contributed by atoms with E-state index in [1.165, 1.54) is 12.3 Å². The number of fused-ring (bicyclic) bond motifs is 1. The second-order valence-electron chi connectivity index (χ2n) is 7.11. The van der Waals surface area contributed by atoms with Gasteiger partial charge >= 0.3 is 6.18 Å². The van der Waals surface area contributed by atoms with Crippen molar-refractivity contribution in [2.75, 3.05) is 7.11 Å². The van der Waals surface area contributed by atoms with Gasteiger partial charge in [0.25, 0.3) is 5.91 Å². The fourth-order valence-corrected chi connectivity index (χ4v) is 3.66. The number of rotatable bonds is 5. The quantitative estimate of drug-likeness (QED) is 0.426. The number of methoxy groups -OCH3 is 1. The lowest BCUT2D eigenvalue weighted by atomic mass is 9.94. The van der Waals surface area contributed by atoms with Crippen LogP contribution in [-0.4, -0.2) is 18.0 Å². The summed E-state index contributed by atoms with van der Waals surface area (Å²) in [5.74, 6) is 0.184. The Morgan fingerprint density at radius 1 is 0.969 bits per heavy atom. The SMILES string of the molecule is COc1ccccc1CNC(=O)c1cnc2c(C(F)(F)F)cccc2c1-c1ccccc1. The van der Waals surface area contributed by atoms with Crippen LogP contribution in [0.1, 0.15) is 21.5 Å². The molecule has 7 heteroatoms. The van der Waals surface area contributed by atoms with Crippen LogP contribution in [0.4, 0.5) is 13.2 Å². The lowest BCUT2D eigenvalue weighted by Gasteiger charge is -2.16. The van der Waals surface area contributed by atoms with Crippen LogP contribution in [0, 0.1) is 0 Å². The number of para-hydroxylation sites is 2. The molecular weight excluding hydrogens is 417 g/mol. The minimum Gasteiger partial charge on any atom is -0.496 e. The fraction of sp³-hybridized carbons (Fsp3) is 0.120. The highest BCUT2D eigenvalue weighted by atomic mass is 19.4.